The topological polar surface area (TPSA) is 15.3 Å². The van der Waals surface area contributed by atoms with E-state index in [0.717, 1.165) is 26.2 Å². The highest BCUT2D eigenvalue weighted by Gasteiger charge is 2.19. The average Bonchev–Trinajstić information content (AvgIpc) is 2.74. The normalized spacial score (nSPS) is 20.6. The van der Waals surface area contributed by atoms with Gasteiger partial charge in [-0.25, -0.2) is 0 Å². The summed E-state index contributed by atoms with van der Waals surface area (Å²) in [6.45, 7) is 8.36. The van der Waals surface area contributed by atoms with Crippen molar-refractivity contribution in [3.8, 4) is 0 Å². The minimum Gasteiger partial charge on any atom is -0.314 e. The lowest BCUT2D eigenvalue weighted by atomic mass is 10.2. The van der Waals surface area contributed by atoms with Gasteiger partial charge >= 0.3 is 0 Å². The molecule has 1 aromatic heterocycles. The second-order valence-corrected chi connectivity index (χ2v) is 4.46. The Morgan fingerprint density at radius 2 is 2.29 bits per heavy atom. The van der Waals surface area contributed by atoms with Crippen LogP contribution in [0.5, 0.6) is 0 Å². The molecule has 1 fully saturated rings. The lowest BCUT2D eigenvalue weighted by Gasteiger charge is -2.32. The minimum absolute atomic E-state index is 0.414. The quantitative estimate of drug-likeness (QED) is 0.763. The summed E-state index contributed by atoms with van der Waals surface area (Å²) in [6, 6.07) is 4.72. The third-order valence-corrected chi connectivity index (χ3v) is 3.55. The molecule has 1 aromatic rings. The Kier molecular flexibility index (Phi) is 3.35. The summed E-state index contributed by atoms with van der Waals surface area (Å²) in [7, 11) is 0. The third kappa shape index (κ3) is 2.05. The largest absolute Gasteiger partial charge is 0.314 e. The fraction of sp³-hybridized carbons (Fsp3) is 0.455. The summed E-state index contributed by atoms with van der Waals surface area (Å²) in [6.07, 6.45) is 2.05. The molecule has 3 heteroatoms. The van der Waals surface area contributed by atoms with Gasteiger partial charge in [-0.15, -0.1) is 17.9 Å². The summed E-state index contributed by atoms with van der Waals surface area (Å²) in [5.41, 5.74) is 0. The van der Waals surface area contributed by atoms with Gasteiger partial charge in [-0.2, -0.15) is 0 Å². The third-order valence-electron chi connectivity index (χ3n) is 2.60. The minimum atomic E-state index is 0.414. The number of piperazine rings is 1. The SMILES string of the molecule is C=C[C@H](c1cccs1)N1CCNCC1. The highest BCUT2D eigenvalue weighted by molar-refractivity contribution is 7.10. The van der Waals surface area contributed by atoms with Crippen LogP contribution in [0.1, 0.15) is 10.9 Å². The first-order chi connectivity index (χ1) is 6.92. The molecule has 0 saturated carbocycles. The van der Waals surface area contributed by atoms with Crippen molar-refractivity contribution in [3.63, 3.8) is 0 Å². The number of rotatable bonds is 3. The molecule has 0 bridgehead atoms. The Labute approximate surface area is 89.2 Å². The Hall–Kier alpha value is -0.640. The van der Waals surface area contributed by atoms with Crippen molar-refractivity contribution in [2.75, 3.05) is 26.2 Å². The van der Waals surface area contributed by atoms with E-state index >= 15 is 0 Å². The van der Waals surface area contributed by atoms with Crippen LogP contribution in [0.15, 0.2) is 30.2 Å². The van der Waals surface area contributed by atoms with Crippen LogP contribution in [-0.2, 0) is 0 Å². The van der Waals surface area contributed by atoms with Crippen LogP contribution in [-0.4, -0.2) is 31.1 Å². The summed E-state index contributed by atoms with van der Waals surface area (Å²) in [5.74, 6) is 0. The monoisotopic (exact) mass is 208 g/mol. The fourth-order valence-electron chi connectivity index (χ4n) is 1.87. The summed E-state index contributed by atoms with van der Waals surface area (Å²) in [4.78, 5) is 3.89. The van der Waals surface area contributed by atoms with Crippen LogP contribution in [0.4, 0.5) is 0 Å². The molecule has 0 radical (unpaired) electrons. The molecule has 1 aliphatic rings. The molecule has 1 saturated heterocycles. The average molecular weight is 208 g/mol. The Balaban J connectivity index is 2.08. The van der Waals surface area contributed by atoms with Gasteiger partial charge < -0.3 is 5.32 Å². The van der Waals surface area contributed by atoms with Crippen LogP contribution in [0.2, 0.25) is 0 Å². The molecule has 2 heterocycles. The van der Waals surface area contributed by atoms with Crippen LogP contribution in [0, 0.1) is 0 Å². The lowest BCUT2D eigenvalue weighted by molar-refractivity contribution is 0.206. The van der Waals surface area contributed by atoms with E-state index in [-0.39, 0.29) is 0 Å². The molecule has 1 atom stereocenters. The van der Waals surface area contributed by atoms with E-state index in [0.29, 0.717) is 6.04 Å². The van der Waals surface area contributed by atoms with Gasteiger partial charge in [-0.05, 0) is 11.4 Å². The summed E-state index contributed by atoms with van der Waals surface area (Å²) in [5, 5.41) is 5.50. The zero-order chi connectivity index (χ0) is 9.80. The van der Waals surface area contributed by atoms with E-state index in [9.17, 15) is 0 Å². The van der Waals surface area contributed by atoms with Gasteiger partial charge in [0.05, 0.1) is 6.04 Å². The molecule has 76 valence electrons. The molecular weight excluding hydrogens is 192 g/mol. The molecule has 2 rings (SSSR count). The molecule has 2 nitrogen and oxygen atoms in total. The Morgan fingerprint density at radius 3 is 2.86 bits per heavy atom. The van der Waals surface area contributed by atoms with Crippen LogP contribution in [0.3, 0.4) is 0 Å². The maximum Gasteiger partial charge on any atom is 0.0624 e. The molecular formula is C11H16N2S. The van der Waals surface area contributed by atoms with Crippen molar-refractivity contribution < 1.29 is 0 Å². The predicted molar refractivity (Wildman–Crippen MR) is 61.7 cm³/mol. The van der Waals surface area contributed by atoms with Gasteiger partial charge in [0.1, 0.15) is 0 Å². The first kappa shape index (κ1) is 9.90. The molecule has 14 heavy (non-hydrogen) atoms. The number of nitrogens with one attached hydrogen (secondary N) is 1. The van der Waals surface area contributed by atoms with Crippen molar-refractivity contribution in [1.82, 2.24) is 10.2 Å². The Bertz CT molecular complexity index is 275. The van der Waals surface area contributed by atoms with Gasteiger partial charge in [0.25, 0.3) is 0 Å². The maximum atomic E-state index is 3.94. The smallest absolute Gasteiger partial charge is 0.0624 e. The maximum absolute atomic E-state index is 3.94. The van der Waals surface area contributed by atoms with Crippen molar-refractivity contribution >= 4 is 11.3 Å². The van der Waals surface area contributed by atoms with Crippen LogP contribution < -0.4 is 5.32 Å². The fourth-order valence-corrected chi connectivity index (χ4v) is 2.72. The number of thiophene rings is 1. The van der Waals surface area contributed by atoms with Gasteiger partial charge in [0.15, 0.2) is 0 Å². The Morgan fingerprint density at radius 1 is 1.50 bits per heavy atom. The van der Waals surface area contributed by atoms with E-state index in [2.05, 4.69) is 40.4 Å². The first-order valence-electron chi connectivity index (χ1n) is 5.02. The van der Waals surface area contributed by atoms with E-state index in [4.69, 9.17) is 0 Å². The molecule has 0 aliphatic carbocycles. The van der Waals surface area contributed by atoms with E-state index in [1.807, 2.05) is 11.3 Å². The highest BCUT2D eigenvalue weighted by Crippen LogP contribution is 2.25. The van der Waals surface area contributed by atoms with Gasteiger partial charge in [-0.1, -0.05) is 12.1 Å². The standard InChI is InChI=1S/C11H16N2S/c1-2-10(11-4-3-9-14-11)13-7-5-12-6-8-13/h2-4,9-10,12H,1,5-8H2/t10-/m1/s1. The number of nitrogens with zero attached hydrogens (tertiary/aromatic N) is 1. The molecule has 0 unspecified atom stereocenters. The number of hydrogen-bond acceptors (Lipinski definition) is 3. The first-order valence-corrected chi connectivity index (χ1v) is 5.90. The zero-order valence-corrected chi connectivity index (χ0v) is 9.09. The van der Waals surface area contributed by atoms with E-state index in [1.165, 1.54) is 4.88 Å². The summed E-state index contributed by atoms with van der Waals surface area (Å²) < 4.78 is 0. The molecule has 1 N–H and O–H groups in total. The van der Waals surface area contributed by atoms with E-state index in [1.54, 1.807) is 0 Å². The van der Waals surface area contributed by atoms with Gasteiger partial charge in [0.2, 0.25) is 0 Å². The van der Waals surface area contributed by atoms with Crippen molar-refractivity contribution in [2.45, 2.75) is 6.04 Å². The van der Waals surface area contributed by atoms with Crippen molar-refractivity contribution in [3.05, 3.63) is 35.0 Å². The van der Waals surface area contributed by atoms with Crippen molar-refractivity contribution in [2.24, 2.45) is 0 Å². The van der Waals surface area contributed by atoms with Crippen LogP contribution >= 0.6 is 11.3 Å². The van der Waals surface area contributed by atoms with Gasteiger partial charge in [0, 0.05) is 31.1 Å². The molecule has 0 aromatic carbocycles. The lowest BCUT2D eigenvalue weighted by Crippen LogP contribution is -2.44. The number of hydrogen-bond donors (Lipinski definition) is 1. The molecule has 0 spiro atoms. The van der Waals surface area contributed by atoms with Crippen molar-refractivity contribution in [1.29, 1.82) is 0 Å². The summed E-state index contributed by atoms with van der Waals surface area (Å²) >= 11 is 1.82. The van der Waals surface area contributed by atoms with Crippen LogP contribution in [0.25, 0.3) is 0 Å². The second-order valence-electron chi connectivity index (χ2n) is 3.48. The molecule has 1 aliphatic heterocycles. The molecule has 0 amide bonds. The highest BCUT2D eigenvalue weighted by atomic mass is 32.1. The zero-order valence-electron chi connectivity index (χ0n) is 8.28. The predicted octanol–water partition coefficient (Wildman–Crippen LogP) is 1.88. The van der Waals surface area contributed by atoms with E-state index < -0.39 is 0 Å². The van der Waals surface area contributed by atoms with Gasteiger partial charge in [-0.3, -0.25) is 4.90 Å². The second kappa shape index (κ2) is 4.73.